The average molecular weight is 731 g/mol. The normalized spacial score (nSPS) is 16.3. The van der Waals surface area contributed by atoms with Crippen molar-refractivity contribution in [3.05, 3.63) is 133 Å². The SMILES string of the molecule is Cl.Cl.[CH2]=[Zr]([CH3])([C]1=C(C)C(c2ccccc2)=CC1C)([c]1ccc(C)cc1)[c]1cc(C(C)(C)C)cc2c1Cc1ccc(C(C)(C)C)cc1-2. The maximum atomic E-state index is 5.62. The van der Waals surface area contributed by atoms with Crippen molar-refractivity contribution in [1.82, 2.24) is 0 Å². The monoisotopic (exact) mass is 728 g/mol. The van der Waals surface area contributed by atoms with E-state index in [0.29, 0.717) is 5.92 Å². The molecule has 242 valence electrons. The Balaban J connectivity index is 0.00000240. The van der Waals surface area contributed by atoms with Crippen LogP contribution >= 0.6 is 24.8 Å². The summed E-state index contributed by atoms with van der Waals surface area (Å²) in [7, 11) is 0. The molecule has 0 aliphatic heterocycles. The number of allylic oxidation sites excluding steroid dienone is 4. The molecule has 0 spiro atoms. The fourth-order valence-corrected chi connectivity index (χ4v) is 23.1. The van der Waals surface area contributed by atoms with Crippen LogP contribution in [-0.2, 0) is 35.5 Å². The molecule has 0 amide bonds. The molecule has 0 nitrogen and oxygen atoms in total. The number of hydrogen-bond donors (Lipinski definition) is 0. The van der Waals surface area contributed by atoms with Crippen LogP contribution in [0.15, 0.2) is 99.9 Å². The van der Waals surface area contributed by atoms with Gasteiger partial charge in [0.05, 0.1) is 0 Å². The quantitative estimate of drug-likeness (QED) is 0.173. The van der Waals surface area contributed by atoms with Crippen LogP contribution in [0.4, 0.5) is 0 Å². The Bertz CT molecular complexity index is 1930. The summed E-state index contributed by atoms with van der Waals surface area (Å²) in [5.41, 5.74) is 14.2. The molecule has 0 heterocycles. The first-order chi connectivity index (χ1) is 20.5. The van der Waals surface area contributed by atoms with Gasteiger partial charge in [-0.1, -0.05) is 0 Å². The van der Waals surface area contributed by atoms with Gasteiger partial charge in [0.1, 0.15) is 0 Å². The second kappa shape index (κ2) is 12.3. The summed E-state index contributed by atoms with van der Waals surface area (Å²) in [6, 6.07) is 32.9. The molecule has 0 saturated carbocycles. The van der Waals surface area contributed by atoms with Gasteiger partial charge >= 0.3 is 269 Å². The second-order valence-corrected chi connectivity index (χ2v) is 30.2. The van der Waals surface area contributed by atoms with E-state index in [1.54, 1.807) is 6.55 Å². The molecule has 3 heteroatoms. The molecule has 0 fully saturated rings. The number of rotatable bonds is 4. The zero-order chi connectivity index (χ0) is 31.8. The van der Waals surface area contributed by atoms with Gasteiger partial charge in [0, 0.05) is 0 Å². The standard InChI is InChI=1S/C21H25.C13H13.C7H7.CH3.CH2.2ClH.Zr/c1-20(2,3)16-9-7-14-11-15-8-10-17(21(4,5)6)13-19(15)18(14)12-16;1-10-8-11(2)13(9-10)12-6-4-3-5-7-12;1-7-5-3-2-4-6-7;;;;;/h7,9-10,12-13H,11H2,1-6H3;3-7,9-10H,1-2H3;3-6H,1H3;1H3;1H2;2*1H;. The van der Waals surface area contributed by atoms with E-state index in [2.05, 4.69) is 158 Å². The molecule has 1 unspecified atom stereocenters. The van der Waals surface area contributed by atoms with Gasteiger partial charge in [0.25, 0.3) is 0 Å². The van der Waals surface area contributed by atoms with Crippen molar-refractivity contribution >= 4 is 41.1 Å². The first-order valence-corrected chi connectivity index (χ1v) is 24.3. The third-order valence-electron chi connectivity index (χ3n) is 10.8. The predicted octanol–water partition coefficient (Wildman–Crippen LogP) is 11.1. The number of hydrogen-bond acceptors (Lipinski definition) is 0. The average Bonchev–Trinajstić information content (AvgIpc) is 3.48. The number of fused-ring (bicyclic) bond motifs is 3. The van der Waals surface area contributed by atoms with Gasteiger partial charge in [-0.15, -0.1) is 24.8 Å². The molecule has 0 aromatic heterocycles. The molecular formula is C43H52Cl2Zr. The predicted molar refractivity (Wildman–Crippen MR) is 206 cm³/mol. The summed E-state index contributed by atoms with van der Waals surface area (Å²) in [6.07, 6.45) is 3.50. The van der Waals surface area contributed by atoms with Crippen molar-refractivity contribution in [3.63, 3.8) is 0 Å². The van der Waals surface area contributed by atoms with Crippen molar-refractivity contribution in [3.8, 4) is 11.1 Å². The molecule has 4 aromatic carbocycles. The topological polar surface area (TPSA) is 0 Å². The Morgan fingerprint density at radius 1 is 0.717 bits per heavy atom. The summed E-state index contributed by atoms with van der Waals surface area (Å²) in [5.74, 6) is 0.324. The Hall–Kier alpha value is -2.31. The summed E-state index contributed by atoms with van der Waals surface area (Å²) in [6.45, 7) is 21.1. The van der Waals surface area contributed by atoms with E-state index in [4.69, 9.17) is 4.21 Å². The van der Waals surface area contributed by atoms with Gasteiger partial charge in [-0.3, -0.25) is 0 Å². The molecule has 4 aromatic rings. The summed E-state index contributed by atoms with van der Waals surface area (Å²) in [5, 5.41) is 0. The van der Waals surface area contributed by atoms with Crippen LogP contribution in [0.1, 0.15) is 88.8 Å². The molecule has 2 aliphatic carbocycles. The number of aryl methyl sites for hydroxylation is 1. The van der Waals surface area contributed by atoms with Gasteiger partial charge in [-0.25, -0.2) is 0 Å². The number of benzene rings is 4. The molecule has 0 bridgehead atoms. The zero-order valence-corrected chi connectivity index (χ0v) is 33.6. The van der Waals surface area contributed by atoms with E-state index in [9.17, 15) is 0 Å². The van der Waals surface area contributed by atoms with Crippen LogP contribution in [0.2, 0.25) is 4.63 Å². The maximum absolute atomic E-state index is 5.62. The van der Waals surface area contributed by atoms with Crippen LogP contribution in [-0.4, -0.2) is 4.21 Å². The Kier molecular flexibility index (Phi) is 9.76. The van der Waals surface area contributed by atoms with Crippen LogP contribution in [0.25, 0.3) is 16.7 Å². The van der Waals surface area contributed by atoms with E-state index in [1.807, 2.05) is 0 Å². The fourth-order valence-electron chi connectivity index (χ4n) is 8.24. The van der Waals surface area contributed by atoms with Crippen LogP contribution < -0.4 is 6.54 Å². The van der Waals surface area contributed by atoms with Gasteiger partial charge in [-0.05, 0) is 0 Å². The molecule has 46 heavy (non-hydrogen) atoms. The summed E-state index contributed by atoms with van der Waals surface area (Å²) in [4.78, 5) is 0. The van der Waals surface area contributed by atoms with Crippen molar-refractivity contribution in [2.45, 2.75) is 84.2 Å². The molecule has 1 atom stereocenters. The van der Waals surface area contributed by atoms with Gasteiger partial charge in [0.15, 0.2) is 0 Å². The van der Waals surface area contributed by atoms with Gasteiger partial charge in [0.2, 0.25) is 0 Å². The third-order valence-corrected chi connectivity index (χ3v) is 25.8. The first-order valence-electron chi connectivity index (χ1n) is 16.4. The van der Waals surface area contributed by atoms with E-state index >= 15 is 0 Å². The van der Waals surface area contributed by atoms with Gasteiger partial charge < -0.3 is 0 Å². The molecule has 0 saturated heterocycles. The fraction of sp³-hybridized carbons (Fsp3) is 0.326. The summed E-state index contributed by atoms with van der Waals surface area (Å²) >= 11 is -4.50. The van der Waals surface area contributed by atoms with E-state index < -0.39 is 18.3 Å². The first kappa shape index (κ1) is 36.5. The van der Waals surface area contributed by atoms with Crippen molar-refractivity contribution in [2.75, 3.05) is 0 Å². The second-order valence-electron chi connectivity index (χ2n) is 16.2. The van der Waals surface area contributed by atoms with Gasteiger partial charge in [-0.2, -0.15) is 0 Å². The Labute approximate surface area is 291 Å². The van der Waals surface area contributed by atoms with Crippen LogP contribution in [0.3, 0.4) is 0 Å². The van der Waals surface area contributed by atoms with E-state index in [0.717, 1.165) is 6.42 Å². The molecule has 0 radical (unpaired) electrons. The molecular weight excluding hydrogens is 679 g/mol. The third kappa shape index (κ3) is 5.84. The minimum atomic E-state index is -4.50. The van der Waals surface area contributed by atoms with E-state index in [1.165, 1.54) is 58.9 Å². The zero-order valence-electron chi connectivity index (χ0n) is 29.5. The molecule has 6 rings (SSSR count). The summed E-state index contributed by atoms with van der Waals surface area (Å²) < 4.78 is 12.9. The Morgan fingerprint density at radius 3 is 1.89 bits per heavy atom. The molecule has 0 N–H and O–H groups in total. The van der Waals surface area contributed by atoms with Crippen LogP contribution in [0.5, 0.6) is 0 Å². The van der Waals surface area contributed by atoms with Crippen molar-refractivity contribution < 1.29 is 18.3 Å². The minimum absolute atomic E-state index is 0. The Morgan fingerprint density at radius 2 is 1.30 bits per heavy atom. The van der Waals surface area contributed by atoms with Crippen LogP contribution in [0, 0.1) is 12.8 Å². The van der Waals surface area contributed by atoms with Crippen molar-refractivity contribution in [1.29, 1.82) is 0 Å². The van der Waals surface area contributed by atoms with E-state index in [-0.39, 0.29) is 35.6 Å². The van der Waals surface area contributed by atoms with Crippen molar-refractivity contribution in [2.24, 2.45) is 5.92 Å². The number of halogens is 2. The molecule has 2 aliphatic rings.